The molecule has 0 unspecified atom stereocenters. The minimum atomic E-state index is 0. The number of nitrogens with zero attached hydrogens (tertiary/aromatic N) is 1. The molecule has 1 aromatic carbocycles. The molecule has 0 spiro atoms. The summed E-state index contributed by atoms with van der Waals surface area (Å²) in [5.41, 5.74) is 1.34. The topological polar surface area (TPSA) is 24.5 Å². The van der Waals surface area contributed by atoms with Gasteiger partial charge in [0.2, 0.25) is 0 Å². The van der Waals surface area contributed by atoms with Gasteiger partial charge in [-0.05, 0) is 74.9 Å². The van der Waals surface area contributed by atoms with Crippen molar-refractivity contribution in [2.75, 3.05) is 44.3 Å². The molecule has 23 heavy (non-hydrogen) atoms. The normalized spacial score (nSPS) is 20.3. The molecule has 0 atom stereocenters. The van der Waals surface area contributed by atoms with E-state index < -0.39 is 0 Å². The second kappa shape index (κ2) is 9.87. The molecule has 5 heteroatoms. The standard InChI is InChI=1S/C18H27BrN2O.ClH/c19-17-1-3-18(4-2-17)21-11-7-16(8-12-21)14-22-13-15-5-9-20-10-6-15;/h1-4,15-16,20H,5-14H2;1H. The van der Waals surface area contributed by atoms with Crippen LogP contribution < -0.4 is 10.2 Å². The van der Waals surface area contributed by atoms with E-state index in [0.717, 1.165) is 42.6 Å². The molecule has 2 heterocycles. The maximum absolute atomic E-state index is 6.02. The van der Waals surface area contributed by atoms with Gasteiger partial charge in [-0.1, -0.05) is 15.9 Å². The Morgan fingerprint density at radius 3 is 2.13 bits per heavy atom. The van der Waals surface area contributed by atoms with Crippen molar-refractivity contribution in [1.29, 1.82) is 0 Å². The van der Waals surface area contributed by atoms with Crippen molar-refractivity contribution in [2.24, 2.45) is 11.8 Å². The summed E-state index contributed by atoms with van der Waals surface area (Å²) in [5, 5.41) is 3.41. The Balaban J connectivity index is 0.00000192. The van der Waals surface area contributed by atoms with E-state index in [4.69, 9.17) is 4.74 Å². The summed E-state index contributed by atoms with van der Waals surface area (Å²) >= 11 is 3.50. The first kappa shape index (κ1) is 19.0. The van der Waals surface area contributed by atoms with Gasteiger partial charge in [-0.2, -0.15) is 0 Å². The Morgan fingerprint density at radius 2 is 1.52 bits per heavy atom. The van der Waals surface area contributed by atoms with Gasteiger partial charge in [-0.25, -0.2) is 0 Å². The van der Waals surface area contributed by atoms with E-state index in [0.29, 0.717) is 0 Å². The summed E-state index contributed by atoms with van der Waals surface area (Å²) in [6, 6.07) is 8.67. The highest BCUT2D eigenvalue weighted by molar-refractivity contribution is 9.10. The first-order valence-corrected chi connectivity index (χ1v) is 9.39. The van der Waals surface area contributed by atoms with Gasteiger partial charge >= 0.3 is 0 Å². The number of ether oxygens (including phenoxy) is 1. The molecule has 0 bridgehead atoms. The molecule has 0 saturated carbocycles. The maximum atomic E-state index is 6.02. The van der Waals surface area contributed by atoms with Gasteiger partial charge in [-0.3, -0.25) is 0 Å². The number of halogens is 2. The van der Waals surface area contributed by atoms with Crippen LogP contribution in [-0.2, 0) is 4.74 Å². The van der Waals surface area contributed by atoms with E-state index in [-0.39, 0.29) is 12.4 Å². The number of hydrogen-bond acceptors (Lipinski definition) is 3. The fourth-order valence-electron chi connectivity index (χ4n) is 3.46. The molecule has 3 rings (SSSR count). The zero-order valence-corrected chi connectivity index (χ0v) is 16.1. The van der Waals surface area contributed by atoms with Crippen LogP contribution >= 0.6 is 28.3 Å². The lowest BCUT2D eigenvalue weighted by Gasteiger charge is -2.34. The highest BCUT2D eigenvalue weighted by Crippen LogP contribution is 2.25. The number of benzene rings is 1. The Bertz CT molecular complexity index is 443. The molecular formula is C18H28BrClN2O. The molecule has 130 valence electrons. The van der Waals surface area contributed by atoms with Gasteiger partial charge < -0.3 is 15.0 Å². The monoisotopic (exact) mass is 402 g/mol. The quantitative estimate of drug-likeness (QED) is 0.801. The minimum Gasteiger partial charge on any atom is -0.381 e. The summed E-state index contributed by atoms with van der Waals surface area (Å²) in [6.07, 6.45) is 5.06. The van der Waals surface area contributed by atoms with Crippen molar-refractivity contribution in [1.82, 2.24) is 5.32 Å². The number of rotatable bonds is 5. The zero-order valence-electron chi connectivity index (χ0n) is 13.7. The van der Waals surface area contributed by atoms with E-state index in [1.807, 2.05) is 0 Å². The molecule has 0 aromatic heterocycles. The second-order valence-corrected chi connectivity index (χ2v) is 7.55. The van der Waals surface area contributed by atoms with Gasteiger partial charge in [0, 0.05) is 36.5 Å². The zero-order chi connectivity index (χ0) is 15.2. The third-order valence-corrected chi connectivity index (χ3v) is 5.50. The highest BCUT2D eigenvalue weighted by atomic mass is 79.9. The van der Waals surface area contributed by atoms with Crippen LogP contribution in [0.4, 0.5) is 5.69 Å². The predicted octanol–water partition coefficient (Wildman–Crippen LogP) is 4.10. The van der Waals surface area contributed by atoms with Crippen molar-refractivity contribution in [3.63, 3.8) is 0 Å². The van der Waals surface area contributed by atoms with E-state index in [9.17, 15) is 0 Å². The average molecular weight is 404 g/mol. The van der Waals surface area contributed by atoms with Crippen LogP contribution in [0.2, 0.25) is 0 Å². The van der Waals surface area contributed by atoms with E-state index >= 15 is 0 Å². The third kappa shape index (κ3) is 5.93. The van der Waals surface area contributed by atoms with Crippen LogP contribution in [0.15, 0.2) is 28.7 Å². The van der Waals surface area contributed by atoms with Crippen LogP contribution in [0.1, 0.15) is 25.7 Å². The first-order chi connectivity index (χ1) is 10.8. The van der Waals surface area contributed by atoms with E-state index in [1.54, 1.807) is 0 Å². The molecule has 0 aliphatic carbocycles. The van der Waals surface area contributed by atoms with E-state index in [1.165, 1.54) is 44.5 Å². The minimum absolute atomic E-state index is 0. The summed E-state index contributed by atoms with van der Waals surface area (Å²) in [6.45, 7) is 6.57. The van der Waals surface area contributed by atoms with Crippen molar-refractivity contribution in [2.45, 2.75) is 25.7 Å². The molecule has 2 aliphatic rings. The van der Waals surface area contributed by atoms with Crippen molar-refractivity contribution >= 4 is 34.0 Å². The summed E-state index contributed by atoms with van der Waals surface area (Å²) < 4.78 is 7.17. The van der Waals surface area contributed by atoms with Gasteiger partial charge in [0.25, 0.3) is 0 Å². The largest absolute Gasteiger partial charge is 0.381 e. The SMILES string of the molecule is Brc1ccc(N2CCC(COCC3CCNCC3)CC2)cc1.Cl. The van der Waals surface area contributed by atoms with Crippen molar-refractivity contribution in [3.05, 3.63) is 28.7 Å². The average Bonchev–Trinajstić information content (AvgIpc) is 2.57. The molecule has 1 N–H and O–H groups in total. The van der Waals surface area contributed by atoms with Crippen molar-refractivity contribution in [3.8, 4) is 0 Å². The Morgan fingerprint density at radius 1 is 0.957 bits per heavy atom. The predicted molar refractivity (Wildman–Crippen MR) is 103 cm³/mol. The molecule has 1 aromatic rings. The fourth-order valence-corrected chi connectivity index (χ4v) is 3.72. The molecule has 2 fully saturated rings. The van der Waals surface area contributed by atoms with Crippen LogP contribution in [0.25, 0.3) is 0 Å². The molecule has 0 amide bonds. The number of anilines is 1. The second-order valence-electron chi connectivity index (χ2n) is 6.64. The third-order valence-electron chi connectivity index (χ3n) is 4.97. The Hall–Kier alpha value is -0.290. The van der Waals surface area contributed by atoms with Gasteiger partial charge in [0.1, 0.15) is 0 Å². The van der Waals surface area contributed by atoms with Gasteiger partial charge in [0.15, 0.2) is 0 Å². The Kier molecular flexibility index (Phi) is 8.17. The van der Waals surface area contributed by atoms with E-state index in [2.05, 4.69) is 50.4 Å². The number of hydrogen-bond donors (Lipinski definition) is 1. The molecular weight excluding hydrogens is 376 g/mol. The maximum Gasteiger partial charge on any atom is 0.0495 e. The molecule has 2 aliphatic heterocycles. The van der Waals surface area contributed by atoms with Crippen LogP contribution in [0.3, 0.4) is 0 Å². The van der Waals surface area contributed by atoms with Gasteiger partial charge in [-0.15, -0.1) is 12.4 Å². The molecule has 0 radical (unpaired) electrons. The lowest BCUT2D eigenvalue weighted by atomic mass is 9.96. The smallest absolute Gasteiger partial charge is 0.0495 e. The first-order valence-electron chi connectivity index (χ1n) is 8.60. The number of piperidine rings is 2. The highest BCUT2D eigenvalue weighted by Gasteiger charge is 2.20. The fraction of sp³-hybridized carbons (Fsp3) is 0.667. The summed E-state index contributed by atoms with van der Waals surface area (Å²) in [4.78, 5) is 2.50. The van der Waals surface area contributed by atoms with Crippen LogP contribution in [0.5, 0.6) is 0 Å². The lowest BCUT2D eigenvalue weighted by Crippen LogP contribution is -2.35. The summed E-state index contributed by atoms with van der Waals surface area (Å²) in [5.74, 6) is 1.53. The lowest BCUT2D eigenvalue weighted by molar-refractivity contribution is 0.0561. The molecule has 2 saturated heterocycles. The van der Waals surface area contributed by atoms with Gasteiger partial charge in [0.05, 0.1) is 0 Å². The van der Waals surface area contributed by atoms with Crippen LogP contribution in [0, 0.1) is 11.8 Å². The Labute approximate surface area is 154 Å². The van der Waals surface area contributed by atoms with Crippen molar-refractivity contribution < 1.29 is 4.74 Å². The molecule has 3 nitrogen and oxygen atoms in total. The summed E-state index contributed by atoms with van der Waals surface area (Å²) in [7, 11) is 0. The number of nitrogens with one attached hydrogen (secondary N) is 1. The van der Waals surface area contributed by atoms with Crippen LogP contribution in [-0.4, -0.2) is 39.4 Å².